The van der Waals surface area contributed by atoms with Crippen molar-refractivity contribution in [2.75, 3.05) is 6.61 Å². The maximum absolute atomic E-state index is 13.7. The van der Waals surface area contributed by atoms with Gasteiger partial charge in [0.25, 0.3) is 0 Å². The Kier molecular flexibility index (Phi) is 2.23. The van der Waals surface area contributed by atoms with Gasteiger partial charge in [-0.1, -0.05) is 30.3 Å². The van der Waals surface area contributed by atoms with Crippen LogP contribution in [-0.2, 0) is 10.3 Å². The van der Waals surface area contributed by atoms with Crippen LogP contribution in [0.4, 0.5) is 8.78 Å². The molecule has 2 aromatic rings. The van der Waals surface area contributed by atoms with E-state index >= 15 is 0 Å². The van der Waals surface area contributed by atoms with Crippen LogP contribution >= 0.6 is 0 Å². The third-order valence-electron chi connectivity index (χ3n) is 3.05. The smallest absolute Gasteiger partial charge is 0.144 e. The van der Waals surface area contributed by atoms with Gasteiger partial charge in [-0.3, -0.25) is 0 Å². The first kappa shape index (κ1) is 10.4. The van der Waals surface area contributed by atoms with E-state index in [-0.39, 0.29) is 11.6 Å². The molecule has 0 aromatic heterocycles. The zero-order chi connectivity index (χ0) is 11.9. The highest BCUT2D eigenvalue weighted by molar-refractivity contribution is 5.41. The lowest BCUT2D eigenvalue weighted by Crippen LogP contribution is -2.12. The van der Waals surface area contributed by atoms with Crippen molar-refractivity contribution in [2.45, 2.75) is 5.60 Å². The molecule has 0 saturated carbocycles. The lowest BCUT2D eigenvalue weighted by atomic mass is 9.91. The van der Waals surface area contributed by atoms with Gasteiger partial charge in [0.2, 0.25) is 0 Å². The van der Waals surface area contributed by atoms with Gasteiger partial charge in [0.1, 0.15) is 17.2 Å². The zero-order valence-corrected chi connectivity index (χ0v) is 8.99. The van der Waals surface area contributed by atoms with Gasteiger partial charge in [-0.15, -0.1) is 0 Å². The second-order valence-electron chi connectivity index (χ2n) is 4.10. The topological polar surface area (TPSA) is 12.5 Å². The van der Waals surface area contributed by atoms with Crippen LogP contribution in [0, 0.1) is 11.6 Å². The third-order valence-corrected chi connectivity index (χ3v) is 3.05. The fraction of sp³-hybridized carbons (Fsp3) is 0.143. The number of hydrogen-bond donors (Lipinski definition) is 0. The maximum Gasteiger partial charge on any atom is 0.144 e. The Balaban J connectivity index is 2.08. The molecule has 3 rings (SSSR count). The summed E-state index contributed by atoms with van der Waals surface area (Å²) in [6.45, 7) is 0.430. The van der Waals surface area contributed by atoms with Gasteiger partial charge in [-0.25, -0.2) is 8.78 Å². The largest absolute Gasteiger partial charge is 0.359 e. The van der Waals surface area contributed by atoms with Gasteiger partial charge >= 0.3 is 0 Å². The second kappa shape index (κ2) is 3.64. The second-order valence-corrected chi connectivity index (χ2v) is 4.10. The average Bonchev–Trinajstić information content (AvgIpc) is 3.12. The molecular weight excluding hydrogens is 222 g/mol. The van der Waals surface area contributed by atoms with Crippen molar-refractivity contribution in [3.63, 3.8) is 0 Å². The molecular formula is C14H10F2O. The molecule has 86 valence electrons. The van der Waals surface area contributed by atoms with Crippen molar-refractivity contribution in [3.8, 4) is 0 Å². The van der Waals surface area contributed by atoms with E-state index in [0.717, 1.165) is 5.56 Å². The molecule has 3 heteroatoms. The average molecular weight is 232 g/mol. The fourth-order valence-corrected chi connectivity index (χ4v) is 2.06. The Bertz CT molecular complexity index is 544. The molecule has 17 heavy (non-hydrogen) atoms. The number of hydrogen-bond acceptors (Lipinski definition) is 1. The van der Waals surface area contributed by atoms with Crippen LogP contribution in [0.5, 0.6) is 0 Å². The molecule has 1 atom stereocenters. The Labute approximate surface area is 97.7 Å². The van der Waals surface area contributed by atoms with Gasteiger partial charge in [-0.2, -0.15) is 0 Å². The van der Waals surface area contributed by atoms with Crippen LogP contribution < -0.4 is 0 Å². The normalized spacial score (nSPS) is 22.5. The first-order valence-corrected chi connectivity index (χ1v) is 5.37. The van der Waals surface area contributed by atoms with Gasteiger partial charge in [-0.05, 0) is 23.8 Å². The van der Waals surface area contributed by atoms with E-state index in [2.05, 4.69) is 0 Å². The summed E-state index contributed by atoms with van der Waals surface area (Å²) in [5.74, 6) is -0.604. The van der Waals surface area contributed by atoms with Gasteiger partial charge in [0.05, 0.1) is 6.61 Å². The van der Waals surface area contributed by atoms with E-state index < -0.39 is 5.60 Å². The summed E-state index contributed by atoms with van der Waals surface area (Å²) in [5, 5.41) is 0. The summed E-state index contributed by atoms with van der Waals surface area (Å²) in [4.78, 5) is 0. The molecule has 0 spiro atoms. The van der Waals surface area contributed by atoms with Crippen LogP contribution in [0.15, 0.2) is 48.5 Å². The standard InChI is InChI=1S/C14H10F2O/c15-11-7-5-10(6-8-11)14(9-17-14)12-3-1-2-4-13(12)16/h1-8H,9H2/t14-/m0/s1. The predicted octanol–water partition coefficient (Wildman–Crippen LogP) is 3.24. The Morgan fingerprint density at radius 3 is 2.18 bits per heavy atom. The van der Waals surface area contributed by atoms with E-state index in [0.29, 0.717) is 12.2 Å². The third kappa shape index (κ3) is 1.63. The first-order valence-electron chi connectivity index (χ1n) is 5.37. The summed E-state index contributed by atoms with van der Waals surface area (Å²) in [6.07, 6.45) is 0. The molecule has 0 radical (unpaired) electrons. The molecule has 0 amide bonds. The number of benzene rings is 2. The molecule has 0 aliphatic carbocycles. The molecule has 0 bridgehead atoms. The molecule has 1 nitrogen and oxygen atoms in total. The van der Waals surface area contributed by atoms with Crippen molar-refractivity contribution in [1.29, 1.82) is 0 Å². The predicted molar refractivity (Wildman–Crippen MR) is 59.5 cm³/mol. The van der Waals surface area contributed by atoms with Crippen LogP contribution in [0.1, 0.15) is 11.1 Å². The fourth-order valence-electron chi connectivity index (χ4n) is 2.06. The van der Waals surface area contributed by atoms with Crippen LogP contribution in [0.2, 0.25) is 0 Å². The Hall–Kier alpha value is -1.74. The van der Waals surface area contributed by atoms with Crippen molar-refractivity contribution in [3.05, 3.63) is 71.3 Å². The van der Waals surface area contributed by atoms with E-state index in [1.807, 2.05) is 0 Å². The van der Waals surface area contributed by atoms with Crippen molar-refractivity contribution >= 4 is 0 Å². The van der Waals surface area contributed by atoms with Crippen LogP contribution in [0.25, 0.3) is 0 Å². The zero-order valence-electron chi connectivity index (χ0n) is 8.99. The van der Waals surface area contributed by atoms with E-state index in [1.54, 1.807) is 30.3 Å². The minimum absolute atomic E-state index is 0.297. The van der Waals surface area contributed by atoms with Crippen molar-refractivity contribution < 1.29 is 13.5 Å². The lowest BCUT2D eigenvalue weighted by Gasteiger charge is -2.13. The van der Waals surface area contributed by atoms with Gasteiger partial charge in [0, 0.05) is 5.56 Å². The molecule has 0 unspecified atom stereocenters. The van der Waals surface area contributed by atoms with Crippen molar-refractivity contribution in [2.24, 2.45) is 0 Å². The first-order chi connectivity index (χ1) is 8.22. The van der Waals surface area contributed by atoms with Gasteiger partial charge < -0.3 is 4.74 Å². The minimum atomic E-state index is -0.723. The lowest BCUT2D eigenvalue weighted by molar-refractivity contribution is 0.341. The monoisotopic (exact) mass is 232 g/mol. The maximum atomic E-state index is 13.7. The highest BCUT2D eigenvalue weighted by atomic mass is 19.1. The molecule has 0 N–H and O–H groups in total. The highest BCUT2D eigenvalue weighted by Gasteiger charge is 2.49. The molecule has 1 fully saturated rings. The summed E-state index contributed by atoms with van der Waals surface area (Å²) in [6, 6.07) is 12.5. The number of ether oxygens (including phenoxy) is 1. The number of epoxide rings is 1. The Morgan fingerprint density at radius 1 is 0.941 bits per heavy atom. The minimum Gasteiger partial charge on any atom is -0.359 e. The molecule has 1 aliphatic heterocycles. The van der Waals surface area contributed by atoms with Gasteiger partial charge in [0.15, 0.2) is 0 Å². The van der Waals surface area contributed by atoms with Crippen LogP contribution in [-0.4, -0.2) is 6.61 Å². The van der Waals surface area contributed by atoms with E-state index in [4.69, 9.17) is 4.74 Å². The molecule has 2 aromatic carbocycles. The molecule has 1 saturated heterocycles. The summed E-state index contributed by atoms with van der Waals surface area (Å²) < 4.78 is 32.0. The quantitative estimate of drug-likeness (QED) is 0.724. The SMILES string of the molecule is Fc1ccc([C@]2(c3ccccc3F)CO2)cc1. The van der Waals surface area contributed by atoms with E-state index in [1.165, 1.54) is 18.2 Å². The summed E-state index contributed by atoms with van der Waals surface area (Å²) in [5.41, 5.74) is 0.564. The van der Waals surface area contributed by atoms with Crippen molar-refractivity contribution in [1.82, 2.24) is 0 Å². The number of halogens is 2. The highest BCUT2D eigenvalue weighted by Crippen LogP contribution is 2.45. The summed E-state index contributed by atoms with van der Waals surface area (Å²) in [7, 11) is 0. The Morgan fingerprint density at radius 2 is 1.59 bits per heavy atom. The molecule has 1 heterocycles. The van der Waals surface area contributed by atoms with E-state index in [9.17, 15) is 8.78 Å². The number of rotatable bonds is 2. The summed E-state index contributed by atoms with van der Waals surface area (Å²) >= 11 is 0. The molecule has 1 aliphatic rings. The van der Waals surface area contributed by atoms with Crippen LogP contribution in [0.3, 0.4) is 0 Å².